The Bertz CT molecular complexity index is 1760. The van der Waals surface area contributed by atoms with Gasteiger partial charge in [0.15, 0.2) is 5.96 Å². The number of aryl methyl sites for hydroxylation is 1. The van der Waals surface area contributed by atoms with Gasteiger partial charge in [-0.1, -0.05) is 90.5 Å². The molecule has 2 atom stereocenters. The van der Waals surface area contributed by atoms with Crippen LogP contribution in [0, 0.1) is 6.92 Å². The summed E-state index contributed by atoms with van der Waals surface area (Å²) in [6.45, 7) is 2.38. The number of hydrogen-bond acceptors (Lipinski definition) is 4. The number of aromatic nitrogens is 2. The molecule has 44 heavy (non-hydrogen) atoms. The predicted molar refractivity (Wildman–Crippen MR) is 175 cm³/mol. The van der Waals surface area contributed by atoms with Crippen LogP contribution in [0.5, 0.6) is 0 Å². The first-order chi connectivity index (χ1) is 21.3. The topological polar surface area (TPSA) is 154 Å². The van der Waals surface area contributed by atoms with E-state index in [-0.39, 0.29) is 17.9 Å². The van der Waals surface area contributed by atoms with E-state index in [0.29, 0.717) is 48.2 Å². The second kappa shape index (κ2) is 13.7. The monoisotopic (exact) mass is 587 g/mol. The van der Waals surface area contributed by atoms with Gasteiger partial charge in [0.2, 0.25) is 5.91 Å². The molecular weight excluding hydrogens is 550 g/mol. The number of carbonyl (C=O) groups excluding carboxylic acids is 2. The van der Waals surface area contributed by atoms with Gasteiger partial charge in [0, 0.05) is 17.7 Å². The third kappa shape index (κ3) is 7.12. The van der Waals surface area contributed by atoms with Crippen LogP contribution in [0.1, 0.15) is 52.0 Å². The number of fused-ring (bicyclic) bond motifs is 1. The van der Waals surface area contributed by atoms with E-state index in [1.807, 2.05) is 90.4 Å². The van der Waals surface area contributed by atoms with Crippen LogP contribution in [-0.2, 0) is 11.2 Å². The molecule has 0 aliphatic heterocycles. The Morgan fingerprint density at radius 2 is 1.57 bits per heavy atom. The van der Waals surface area contributed by atoms with E-state index in [2.05, 4.69) is 22.4 Å². The van der Waals surface area contributed by atoms with E-state index in [1.165, 1.54) is 0 Å². The van der Waals surface area contributed by atoms with Crippen LogP contribution in [-0.4, -0.2) is 33.9 Å². The minimum atomic E-state index is -0.696. The van der Waals surface area contributed by atoms with Crippen LogP contribution in [0.3, 0.4) is 0 Å². The molecule has 1 aromatic heterocycles. The molecule has 5 aromatic rings. The molecule has 0 spiro atoms. The summed E-state index contributed by atoms with van der Waals surface area (Å²) in [7, 11) is 0. The second-order valence-electron chi connectivity index (χ2n) is 10.9. The molecule has 2 amide bonds. The van der Waals surface area contributed by atoms with Crippen molar-refractivity contribution in [2.24, 2.45) is 22.2 Å². The van der Waals surface area contributed by atoms with E-state index in [4.69, 9.17) is 22.2 Å². The second-order valence-corrected chi connectivity index (χ2v) is 10.9. The molecule has 9 heteroatoms. The van der Waals surface area contributed by atoms with E-state index in [0.717, 1.165) is 22.3 Å². The van der Waals surface area contributed by atoms with Crippen molar-refractivity contribution in [1.29, 1.82) is 0 Å². The van der Waals surface area contributed by atoms with Crippen molar-refractivity contribution in [2.75, 3.05) is 6.54 Å². The first-order valence-corrected chi connectivity index (χ1v) is 14.6. The van der Waals surface area contributed by atoms with E-state index in [9.17, 15) is 9.59 Å². The van der Waals surface area contributed by atoms with Gasteiger partial charge in [0.05, 0.1) is 17.1 Å². The molecule has 9 nitrogen and oxygen atoms in total. The summed E-state index contributed by atoms with van der Waals surface area (Å²) >= 11 is 0. The number of imidazole rings is 1. The van der Waals surface area contributed by atoms with Crippen molar-refractivity contribution in [2.45, 2.75) is 38.3 Å². The highest BCUT2D eigenvalue weighted by atomic mass is 16.2. The van der Waals surface area contributed by atoms with Crippen LogP contribution >= 0.6 is 0 Å². The third-order valence-corrected chi connectivity index (χ3v) is 7.62. The fourth-order valence-electron chi connectivity index (χ4n) is 5.38. The maximum absolute atomic E-state index is 13.7. The summed E-state index contributed by atoms with van der Waals surface area (Å²) in [4.78, 5) is 35.5. The molecule has 4 aromatic carbocycles. The molecule has 1 heterocycles. The molecule has 224 valence electrons. The lowest BCUT2D eigenvalue weighted by Crippen LogP contribution is -2.30. The predicted octanol–water partition coefficient (Wildman–Crippen LogP) is 4.81. The van der Waals surface area contributed by atoms with Crippen molar-refractivity contribution in [3.63, 3.8) is 0 Å². The van der Waals surface area contributed by atoms with Gasteiger partial charge in [0.1, 0.15) is 11.9 Å². The van der Waals surface area contributed by atoms with Crippen molar-refractivity contribution < 1.29 is 9.59 Å². The summed E-state index contributed by atoms with van der Waals surface area (Å²) in [5.74, 6) is -0.116. The maximum Gasteiger partial charge on any atom is 0.251 e. The molecule has 0 saturated heterocycles. The van der Waals surface area contributed by atoms with Crippen LogP contribution in [0.15, 0.2) is 108 Å². The SMILES string of the molecule is Cc1ccc(-c2nc3cc(C(=O)NC(Cc4ccccc4)c4ccccc4)ccc3n2C(CCCN=C(N)N)C(N)=O)cc1. The van der Waals surface area contributed by atoms with Gasteiger partial charge in [-0.3, -0.25) is 14.6 Å². The average molecular weight is 588 g/mol. The average Bonchev–Trinajstić information content (AvgIpc) is 3.40. The van der Waals surface area contributed by atoms with Gasteiger partial charge in [-0.05, 0) is 55.5 Å². The number of hydrogen-bond donors (Lipinski definition) is 4. The smallest absolute Gasteiger partial charge is 0.251 e. The van der Waals surface area contributed by atoms with Gasteiger partial charge >= 0.3 is 0 Å². The Kier molecular flexibility index (Phi) is 9.34. The summed E-state index contributed by atoms with van der Waals surface area (Å²) in [5.41, 5.74) is 22.7. The van der Waals surface area contributed by atoms with Crippen molar-refractivity contribution in [3.05, 3.63) is 125 Å². The number of benzene rings is 4. The van der Waals surface area contributed by atoms with Gasteiger partial charge in [-0.15, -0.1) is 0 Å². The molecular formula is C35H37N7O2. The summed E-state index contributed by atoms with van der Waals surface area (Å²) in [5, 5.41) is 3.23. The third-order valence-electron chi connectivity index (χ3n) is 7.62. The highest BCUT2D eigenvalue weighted by Crippen LogP contribution is 2.31. The Labute approximate surface area is 256 Å². The van der Waals surface area contributed by atoms with Crippen molar-refractivity contribution in [1.82, 2.24) is 14.9 Å². The standard InChI is InChI=1S/C35H37N7O2/c1-23-14-16-26(17-15-23)33-40-29-22-27(18-19-30(29)42(33)31(32(36)43)13-8-20-39-35(37)38)34(44)41-28(25-11-6-3-7-12-25)21-24-9-4-2-5-10-24/h2-7,9-12,14-19,22,28,31H,8,13,20-21H2,1H3,(H2,36,43)(H,41,44)(H4,37,38,39). The Morgan fingerprint density at radius 1 is 0.886 bits per heavy atom. The van der Waals surface area contributed by atoms with Crippen molar-refractivity contribution >= 4 is 28.8 Å². The zero-order valence-electron chi connectivity index (χ0n) is 24.7. The van der Waals surface area contributed by atoms with Crippen LogP contribution in [0.4, 0.5) is 0 Å². The lowest BCUT2D eigenvalue weighted by molar-refractivity contribution is -0.121. The molecule has 0 aliphatic carbocycles. The van der Waals surface area contributed by atoms with Crippen LogP contribution in [0.25, 0.3) is 22.4 Å². The number of carbonyl (C=O) groups is 2. The van der Waals surface area contributed by atoms with Gasteiger partial charge in [-0.2, -0.15) is 0 Å². The highest BCUT2D eigenvalue weighted by molar-refractivity contribution is 5.98. The summed E-state index contributed by atoms with van der Waals surface area (Å²) in [6, 6.07) is 32.4. The molecule has 0 radical (unpaired) electrons. The fraction of sp³-hybridized carbons (Fsp3) is 0.200. The number of aliphatic imine (C=N–C) groups is 1. The Morgan fingerprint density at radius 3 is 2.23 bits per heavy atom. The van der Waals surface area contributed by atoms with Crippen LogP contribution in [0.2, 0.25) is 0 Å². The largest absolute Gasteiger partial charge is 0.370 e. The molecule has 5 rings (SSSR count). The molecule has 0 fully saturated rings. The van der Waals surface area contributed by atoms with E-state index >= 15 is 0 Å². The number of rotatable bonds is 12. The normalized spacial score (nSPS) is 12.4. The minimum Gasteiger partial charge on any atom is -0.370 e. The maximum atomic E-state index is 13.7. The van der Waals surface area contributed by atoms with Crippen molar-refractivity contribution in [3.8, 4) is 11.4 Å². The lowest BCUT2D eigenvalue weighted by atomic mass is 9.98. The Hall–Kier alpha value is -5.44. The summed E-state index contributed by atoms with van der Waals surface area (Å²) < 4.78 is 1.86. The van der Waals surface area contributed by atoms with Gasteiger partial charge in [-0.25, -0.2) is 4.98 Å². The minimum absolute atomic E-state index is 0.00173. The zero-order chi connectivity index (χ0) is 31.1. The number of amides is 2. The van der Waals surface area contributed by atoms with E-state index < -0.39 is 11.9 Å². The highest BCUT2D eigenvalue weighted by Gasteiger charge is 2.25. The molecule has 7 N–H and O–H groups in total. The first-order valence-electron chi connectivity index (χ1n) is 14.6. The lowest BCUT2D eigenvalue weighted by Gasteiger charge is -2.20. The van der Waals surface area contributed by atoms with Crippen LogP contribution < -0.4 is 22.5 Å². The first kappa shape index (κ1) is 30.0. The number of nitrogens with zero attached hydrogens (tertiary/aromatic N) is 3. The molecule has 0 saturated carbocycles. The molecule has 2 unspecified atom stereocenters. The molecule has 0 bridgehead atoms. The zero-order valence-corrected chi connectivity index (χ0v) is 24.7. The quantitative estimate of drug-likeness (QED) is 0.0937. The van der Waals surface area contributed by atoms with Gasteiger partial charge in [0.25, 0.3) is 5.91 Å². The molecule has 0 aliphatic rings. The van der Waals surface area contributed by atoms with E-state index in [1.54, 1.807) is 12.1 Å². The number of primary amides is 1. The Balaban J connectivity index is 1.50. The number of nitrogens with two attached hydrogens (primary N) is 3. The van der Waals surface area contributed by atoms with Gasteiger partial charge < -0.3 is 27.1 Å². The summed E-state index contributed by atoms with van der Waals surface area (Å²) in [6.07, 6.45) is 1.60. The number of nitrogens with one attached hydrogen (secondary N) is 1. The number of guanidine groups is 1. The fourth-order valence-corrected chi connectivity index (χ4v) is 5.38.